The highest BCUT2D eigenvalue weighted by molar-refractivity contribution is 7.83. The van der Waals surface area contributed by atoms with Crippen LogP contribution in [0.25, 0.3) is 0 Å². The molecule has 2 unspecified atom stereocenters. The fourth-order valence-electron chi connectivity index (χ4n) is 4.05. The SMILES string of the molecule is CCCCN(CCNS(=O)c1cccc2c1CC(C(=O)O)C2)Cc1ccc(OC(F)(F)F)cc1. The predicted molar refractivity (Wildman–Crippen MR) is 123 cm³/mol. The highest BCUT2D eigenvalue weighted by Gasteiger charge is 2.31. The summed E-state index contributed by atoms with van der Waals surface area (Å²) in [6.07, 6.45) is -1.93. The van der Waals surface area contributed by atoms with E-state index in [1.54, 1.807) is 24.3 Å². The van der Waals surface area contributed by atoms with Crippen molar-refractivity contribution in [3.05, 3.63) is 59.2 Å². The second-order valence-electron chi connectivity index (χ2n) is 8.32. The Bertz CT molecular complexity index is 999. The first-order valence-corrected chi connectivity index (χ1v) is 12.4. The molecular formula is C24H29F3N2O4S. The summed E-state index contributed by atoms with van der Waals surface area (Å²) < 4.78 is 56.9. The molecule has 0 aromatic heterocycles. The molecule has 0 saturated heterocycles. The number of nitrogens with one attached hydrogen (secondary N) is 1. The minimum absolute atomic E-state index is 0.256. The van der Waals surface area contributed by atoms with Crippen molar-refractivity contribution in [1.29, 1.82) is 0 Å². The van der Waals surface area contributed by atoms with Gasteiger partial charge in [0, 0.05) is 19.6 Å². The Kier molecular flexibility index (Phi) is 9.10. The Morgan fingerprint density at radius 2 is 1.91 bits per heavy atom. The van der Waals surface area contributed by atoms with E-state index < -0.39 is 29.2 Å². The molecule has 1 aliphatic carbocycles. The Morgan fingerprint density at radius 1 is 1.18 bits per heavy atom. The van der Waals surface area contributed by atoms with Crippen LogP contribution < -0.4 is 9.46 Å². The summed E-state index contributed by atoms with van der Waals surface area (Å²) in [5.41, 5.74) is 2.64. The topological polar surface area (TPSA) is 78.9 Å². The van der Waals surface area contributed by atoms with E-state index in [0.717, 1.165) is 36.1 Å². The summed E-state index contributed by atoms with van der Waals surface area (Å²) in [5.74, 6) is -1.58. The average molecular weight is 499 g/mol. The van der Waals surface area contributed by atoms with Gasteiger partial charge in [0.1, 0.15) is 16.7 Å². The summed E-state index contributed by atoms with van der Waals surface area (Å²) in [5, 5.41) is 9.32. The van der Waals surface area contributed by atoms with Crippen LogP contribution >= 0.6 is 0 Å². The van der Waals surface area contributed by atoms with Gasteiger partial charge in [-0.25, -0.2) is 8.93 Å². The van der Waals surface area contributed by atoms with Gasteiger partial charge in [-0.2, -0.15) is 0 Å². The van der Waals surface area contributed by atoms with Gasteiger partial charge >= 0.3 is 12.3 Å². The lowest BCUT2D eigenvalue weighted by Gasteiger charge is -2.22. The molecule has 0 aliphatic heterocycles. The van der Waals surface area contributed by atoms with Gasteiger partial charge in [-0.3, -0.25) is 9.69 Å². The number of fused-ring (bicyclic) bond motifs is 1. The second kappa shape index (κ2) is 11.8. The van der Waals surface area contributed by atoms with Gasteiger partial charge in [-0.1, -0.05) is 37.6 Å². The first kappa shape index (κ1) is 26.2. The van der Waals surface area contributed by atoms with E-state index in [0.29, 0.717) is 37.4 Å². The Morgan fingerprint density at radius 3 is 2.56 bits per heavy atom. The molecule has 1 aliphatic rings. The number of carbonyl (C=O) groups is 1. The van der Waals surface area contributed by atoms with E-state index in [1.807, 2.05) is 6.07 Å². The van der Waals surface area contributed by atoms with Gasteiger partial charge in [0.2, 0.25) is 0 Å². The first-order valence-electron chi connectivity index (χ1n) is 11.2. The fraction of sp³-hybridized carbons (Fsp3) is 0.458. The normalized spacial score (nSPS) is 16.4. The molecule has 6 nitrogen and oxygen atoms in total. The molecule has 0 saturated carbocycles. The number of aliphatic carboxylic acids is 1. The number of unbranched alkanes of at least 4 members (excludes halogenated alkanes) is 1. The molecule has 2 atom stereocenters. The summed E-state index contributed by atoms with van der Waals surface area (Å²) >= 11 is 0. The van der Waals surface area contributed by atoms with Gasteiger partial charge in [-0.05, 0) is 60.7 Å². The third-order valence-corrected chi connectivity index (χ3v) is 7.00. The van der Waals surface area contributed by atoms with E-state index in [4.69, 9.17) is 0 Å². The molecule has 2 aromatic carbocycles. The first-order chi connectivity index (χ1) is 16.2. The van der Waals surface area contributed by atoms with Gasteiger partial charge in [0.25, 0.3) is 0 Å². The predicted octanol–water partition coefficient (Wildman–Crippen LogP) is 4.30. The Balaban J connectivity index is 1.56. The Labute approximate surface area is 199 Å². The fourth-order valence-corrected chi connectivity index (χ4v) is 5.12. The number of benzene rings is 2. The second-order valence-corrected chi connectivity index (χ2v) is 9.59. The number of rotatable bonds is 12. The third-order valence-electron chi connectivity index (χ3n) is 5.75. The van der Waals surface area contributed by atoms with Gasteiger partial charge < -0.3 is 9.84 Å². The lowest BCUT2D eigenvalue weighted by atomic mass is 10.1. The van der Waals surface area contributed by atoms with Crippen LogP contribution in [0.2, 0.25) is 0 Å². The Hall–Kier alpha value is -2.43. The van der Waals surface area contributed by atoms with Crippen LogP contribution in [0.3, 0.4) is 0 Å². The standard InChI is InChI=1S/C24H29F3N2O4S/c1-2-3-12-29(16-17-7-9-20(10-8-17)33-24(25,26)27)13-11-28-34(32)22-6-4-5-18-14-19(23(30)31)15-21(18)22/h4-10,19,28H,2-3,11-16H2,1H3,(H,30,31). The van der Waals surface area contributed by atoms with Crippen LogP contribution in [0.15, 0.2) is 47.4 Å². The molecule has 10 heteroatoms. The zero-order valence-corrected chi connectivity index (χ0v) is 19.8. The average Bonchev–Trinajstić information content (AvgIpc) is 3.22. The molecule has 0 fully saturated rings. The zero-order chi connectivity index (χ0) is 24.7. The number of hydrogen-bond acceptors (Lipinski definition) is 4. The minimum atomic E-state index is -4.72. The van der Waals surface area contributed by atoms with Crippen molar-refractivity contribution in [3.63, 3.8) is 0 Å². The lowest BCUT2D eigenvalue weighted by Crippen LogP contribution is -2.33. The summed E-state index contributed by atoms with van der Waals surface area (Å²) in [7, 11) is -1.47. The molecular weight excluding hydrogens is 469 g/mol. The number of halogens is 3. The molecule has 0 spiro atoms. The van der Waals surface area contributed by atoms with Gasteiger partial charge in [0.05, 0.1) is 10.8 Å². The number of hydrogen-bond donors (Lipinski definition) is 2. The van der Waals surface area contributed by atoms with E-state index in [2.05, 4.69) is 21.3 Å². The van der Waals surface area contributed by atoms with Crippen LogP contribution in [0.4, 0.5) is 13.2 Å². The van der Waals surface area contributed by atoms with E-state index in [9.17, 15) is 27.3 Å². The molecule has 0 amide bonds. The number of nitrogens with zero attached hydrogens (tertiary/aromatic N) is 1. The number of ether oxygens (including phenoxy) is 1. The molecule has 0 radical (unpaired) electrons. The van der Waals surface area contributed by atoms with Crippen LogP contribution in [0.1, 0.15) is 36.5 Å². The highest BCUT2D eigenvalue weighted by Crippen LogP contribution is 2.31. The molecule has 0 bridgehead atoms. The monoisotopic (exact) mass is 498 g/mol. The maximum Gasteiger partial charge on any atom is 0.573 e. The molecule has 3 rings (SSSR count). The quantitative estimate of drug-likeness (QED) is 0.456. The number of carboxylic acids is 1. The van der Waals surface area contributed by atoms with Crippen molar-refractivity contribution >= 4 is 17.0 Å². The van der Waals surface area contributed by atoms with E-state index >= 15 is 0 Å². The van der Waals surface area contributed by atoms with Crippen molar-refractivity contribution in [3.8, 4) is 5.75 Å². The van der Waals surface area contributed by atoms with Crippen LogP contribution in [0, 0.1) is 5.92 Å². The smallest absolute Gasteiger partial charge is 0.481 e. The van der Waals surface area contributed by atoms with Crippen molar-refractivity contribution in [2.75, 3.05) is 19.6 Å². The largest absolute Gasteiger partial charge is 0.573 e. The van der Waals surface area contributed by atoms with Crippen molar-refractivity contribution in [2.45, 2.75) is 50.4 Å². The van der Waals surface area contributed by atoms with Crippen molar-refractivity contribution < 1.29 is 32.0 Å². The zero-order valence-electron chi connectivity index (χ0n) is 18.9. The minimum Gasteiger partial charge on any atom is -0.481 e. The third kappa shape index (κ3) is 7.54. The maximum absolute atomic E-state index is 12.9. The van der Waals surface area contributed by atoms with Crippen LogP contribution in [-0.4, -0.2) is 46.2 Å². The molecule has 2 N–H and O–H groups in total. The molecule has 186 valence electrons. The van der Waals surface area contributed by atoms with Gasteiger partial charge in [-0.15, -0.1) is 13.2 Å². The molecule has 34 heavy (non-hydrogen) atoms. The number of alkyl halides is 3. The van der Waals surface area contributed by atoms with Gasteiger partial charge in [0.15, 0.2) is 0 Å². The number of carboxylic acid groups (broad SMARTS) is 1. The molecule has 2 aromatic rings. The summed E-state index contributed by atoms with van der Waals surface area (Å²) in [6, 6.07) is 11.3. The summed E-state index contributed by atoms with van der Waals surface area (Å²) in [4.78, 5) is 14.1. The summed E-state index contributed by atoms with van der Waals surface area (Å²) in [6.45, 7) is 4.46. The lowest BCUT2D eigenvalue weighted by molar-refractivity contribution is -0.274. The van der Waals surface area contributed by atoms with Crippen LogP contribution in [-0.2, 0) is 35.2 Å². The van der Waals surface area contributed by atoms with Crippen molar-refractivity contribution in [1.82, 2.24) is 9.62 Å². The van der Waals surface area contributed by atoms with E-state index in [1.165, 1.54) is 12.1 Å². The highest BCUT2D eigenvalue weighted by atomic mass is 32.2. The maximum atomic E-state index is 12.9. The molecule has 0 heterocycles. The van der Waals surface area contributed by atoms with Crippen LogP contribution in [0.5, 0.6) is 5.75 Å². The van der Waals surface area contributed by atoms with E-state index in [-0.39, 0.29) is 5.75 Å². The van der Waals surface area contributed by atoms with Crippen molar-refractivity contribution in [2.24, 2.45) is 5.92 Å².